The number of benzene rings is 2. The van der Waals surface area contributed by atoms with Crippen LogP contribution < -0.4 is 9.47 Å². The van der Waals surface area contributed by atoms with Gasteiger partial charge < -0.3 is 14.2 Å². The summed E-state index contributed by atoms with van der Waals surface area (Å²) < 4.78 is 17.6. The van der Waals surface area contributed by atoms with Crippen molar-refractivity contribution in [2.24, 2.45) is 0 Å². The number of carbonyl (C=O) groups is 1. The standard InChI is InChI=1S/C22H18Cl2INO4/c1-28-19-8-5-14(9-21(19)29-2)20(10-16-17(23)11-26-12-18(16)24)30-22(27)13-3-6-15(25)7-4-13/h3-9,11-12,20H,10H2,1-2H3/t20-/m0/s1. The summed E-state index contributed by atoms with van der Waals surface area (Å²) in [7, 11) is 3.10. The molecular weight excluding hydrogens is 540 g/mol. The van der Waals surface area contributed by atoms with E-state index in [2.05, 4.69) is 27.6 Å². The van der Waals surface area contributed by atoms with Crippen molar-refractivity contribution < 1.29 is 19.0 Å². The van der Waals surface area contributed by atoms with Gasteiger partial charge in [0.05, 0.1) is 29.8 Å². The predicted octanol–water partition coefficient (Wildman–Crippen LogP) is 6.15. The summed E-state index contributed by atoms with van der Waals surface area (Å²) in [4.78, 5) is 16.8. The van der Waals surface area contributed by atoms with Crippen LogP contribution >= 0.6 is 45.8 Å². The van der Waals surface area contributed by atoms with Gasteiger partial charge in [-0.2, -0.15) is 0 Å². The van der Waals surface area contributed by atoms with Crippen LogP contribution in [0.3, 0.4) is 0 Å². The number of hydrogen-bond donors (Lipinski definition) is 0. The lowest BCUT2D eigenvalue weighted by Gasteiger charge is -2.21. The molecule has 2 aromatic carbocycles. The van der Waals surface area contributed by atoms with Gasteiger partial charge in [-0.25, -0.2) is 4.79 Å². The first-order valence-corrected chi connectivity index (χ1v) is 10.7. The maximum Gasteiger partial charge on any atom is 0.338 e. The fourth-order valence-corrected chi connectivity index (χ4v) is 3.76. The van der Waals surface area contributed by atoms with Gasteiger partial charge in [0, 0.05) is 22.4 Å². The molecule has 156 valence electrons. The molecule has 8 heteroatoms. The summed E-state index contributed by atoms with van der Waals surface area (Å²) >= 11 is 14.8. The molecule has 0 fully saturated rings. The molecular formula is C22H18Cl2INO4. The molecule has 30 heavy (non-hydrogen) atoms. The van der Waals surface area contributed by atoms with Gasteiger partial charge >= 0.3 is 5.97 Å². The molecule has 1 aromatic heterocycles. The lowest BCUT2D eigenvalue weighted by atomic mass is 10.0. The molecule has 0 N–H and O–H groups in total. The first-order valence-electron chi connectivity index (χ1n) is 8.89. The second-order valence-electron chi connectivity index (χ2n) is 6.30. The van der Waals surface area contributed by atoms with E-state index in [1.165, 1.54) is 12.4 Å². The maximum atomic E-state index is 12.8. The van der Waals surface area contributed by atoms with Crippen molar-refractivity contribution in [2.45, 2.75) is 12.5 Å². The Bertz CT molecular complexity index is 1020. The molecule has 5 nitrogen and oxygen atoms in total. The third-order valence-corrected chi connectivity index (χ3v) is 5.82. The Kier molecular flexibility index (Phi) is 7.80. The predicted molar refractivity (Wildman–Crippen MR) is 125 cm³/mol. The number of ether oxygens (including phenoxy) is 3. The van der Waals surface area contributed by atoms with E-state index in [1.807, 2.05) is 18.2 Å². The van der Waals surface area contributed by atoms with Crippen LogP contribution in [-0.2, 0) is 11.2 Å². The number of aromatic nitrogens is 1. The molecule has 0 saturated carbocycles. The minimum absolute atomic E-state index is 0.270. The highest BCUT2D eigenvalue weighted by Gasteiger charge is 2.23. The van der Waals surface area contributed by atoms with E-state index in [1.54, 1.807) is 38.5 Å². The van der Waals surface area contributed by atoms with Gasteiger partial charge in [-0.3, -0.25) is 4.98 Å². The number of methoxy groups -OCH3 is 2. The highest BCUT2D eigenvalue weighted by Crippen LogP contribution is 2.35. The second-order valence-corrected chi connectivity index (χ2v) is 8.36. The van der Waals surface area contributed by atoms with Crippen molar-refractivity contribution >= 4 is 51.8 Å². The van der Waals surface area contributed by atoms with Gasteiger partial charge in [-0.15, -0.1) is 0 Å². The van der Waals surface area contributed by atoms with E-state index in [-0.39, 0.29) is 6.42 Å². The average Bonchev–Trinajstić information content (AvgIpc) is 2.75. The molecule has 3 aromatic rings. The average molecular weight is 558 g/mol. The number of carbonyl (C=O) groups excluding carboxylic acids is 1. The van der Waals surface area contributed by atoms with E-state index >= 15 is 0 Å². The fourth-order valence-electron chi connectivity index (χ4n) is 2.88. The van der Waals surface area contributed by atoms with Gasteiger partial charge in [0.1, 0.15) is 6.10 Å². The third-order valence-electron chi connectivity index (χ3n) is 4.45. The Morgan fingerprint density at radius 3 is 2.23 bits per heavy atom. The lowest BCUT2D eigenvalue weighted by molar-refractivity contribution is 0.0297. The molecule has 0 bridgehead atoms. The van der Waals surface area contributed by atoms with Crippen LogP contribution in [0.5, 0.6) is 11.5 Å². The third kappa shape index (κ3) is 5.36. The van der Waals surface area contributed by atoms with Crippen LogP contribution in [0.15, 0.2) is 54.9 Å². The fraction of sp³-hybridized carbons (Fsp3) is 0.182. The topological polar surface area (TPSA) is 57.7 Å². The van der Waals surface area contributed by atoms with Crippen molar-refractivity contribution in [1.29, 1.82) is 0 Å². The summed E-state index contributed by atoms with van der Waals surface area (Å²) in [5, 5.41) is 0.802. The Hall–Kier alpha value is -2.03. The molecule has 0 aliphatic rings. The number of halogens is 3. The van der Waals surface area contributed by atoms with Gasteiger partial charge in [-0.1, -0.05) is 29.3 Å². The first-order chi connectivity index (χ1) is 14.4. The van der Waals surface area contributed by atoms with Crippen LogP contribution in [0, 0.1) is 3.57 Å². The maximum absolute atomic E-state index is 12.8. The summed E-state index contributed by atoms with van der Waals surface area (Å²) in [5.74, 6) is 0.647. The largest absolute Gasteiger partial charge is 0.493 e. The summed E-state index contributed by atoms with van der Waals surface area (Å²) in [6.07, 6.45) is 2.63. The quantitative estimate of drug-likeness (QED) is 0.257. The Morgan fingerprint density at radius 1 is 1.00 bits per heavy atom. The SMILES string of the molecule is COc1ccc([C@H](Cc2c(Cl)cncc2Cl)OC(=O)c2ccc(I)cc2)cc1OC. The number of nitrogens with zero attached hydrogens (tertiary/aromatic N) is 1. The zero-order valence-electron chi connectivity index (χ0n) is 16.2. The second kappa shape index (κ2) is 10.3. The number of rotatable bonds is 7. The van der Waals surface area contributed by atoms with Crippen LogP contribution in [0.1, 0.15) is 27.6 Å². The van der Waals surface area contributed by atoms with Gasteiger partial charge in [-0.05, 0) is 70.1 Å². The Labute approximate surface area is 198 Å². The van der Waals surface area contributed by atoms with Crippen molar-refractivity contribution in [1.82, 2.24) is 4.98 Å². The molecule has 0 aliphatic heterocycles. The molecule has 0 radical (unpaired) electrons. The van der Waals surface area contributed by atoms with Gasteiger partial charge in [0.2, 0.25) is 0 Å². The Balaban J connectivity index is 1.98. The summed E-state index contributed by atoms with van der Waals surface area (Å²) in [5.41, 5.74) is 1.81. The van der Waals surface area contributed by atoms with E-state index in [9.17, 15) is 4.79 Å². The van der Waals surface area contributed by atoms with Crippen molar-refractivity contribution in [3.05, 3.63) is 85.2 Å². The Morgan fingerprint density at radius 2 is 1.63 bits per heavy atom. The molecule has 1 atom stereocenters. The highest BCUT2D eigenvalue weighted by atomic mass is 127. The minimum atomic E-state index is -0.658. The smallest absolute Gasteiger partial charge is 0.338 e. The first kappa shape index (κ1) is 22.7. The summed E-state index contributed by atoms with van der Waals surface area (Å²) in [6.45, 7) is 0. The molecule has 0 aliphatic carbocycles. The summed E-state index contributed by atoms with van der Waals surface area (Å²) in [6, 6.07) is 12.5. The van der Waals surface area contributed by atoms with E-state index in [0.29, 0.717) is 32.7 Å². The van der Waals surface area contributed by atoms with E-state index in [4.69, 9.17) is 37.4 Å². The van der Waals surface area contributed by atoms with Crippen LogP contribution in [0.4, 0.5) is 0 Å². The van der Waals surface area contributed by atoms with Crippen molar-refractivity contribution in [3.63, 3.8) is 0 Å². The number of pyridine rings is 1. The van der Waals surface area contributed by atoms with Crippen LogP contribution in [0.25, 0.3) is 0 Å². The molecule has 0 spiro atoms. The normalized spacial score (nSPS) is 11.6. The van der Waals surface area contributed by atoms with E-state index < -0.39 is 12.1 Å². The van der Waals surface area contributed by atoms with Crippen LogP contribution in [-0.4, -0.2) is 25.2 Å². The monoisotopic (exact) mass is 557 g/mol. The number of esters is 1. The number of hydrogen-bond acceptors (Lipinski definition) is 5. The lowest BCUT2D eigenvalue weighted by Crippen LogP contribution is -2.15. The van der Waals surface area contributed by atoms with Crippen molar-refractivity contribution in [3.8, 4) is 11.5 Å². The van der Waals surface area contributed by atoms with E-state index in [0.717, 1.165) is 9.13 Å². The van der Waals surface area contributed by atoms with Crippen molar-refractivity contribution in [2.75, 3.05) is 14.2 Å². The minimum Gasteiger partial charge on any atom is -0.493 e. The van der Waals surface area contributed by atoms with Crippen LogP contribution in [0.2, 0.25) is 10.0 Å². The molecule has 0 saturated heterocycles. The molecule has 0 unspecified atom stereocenters. The molecule has 1 heterocycles. The van der Waals surface area contributed by atoms with Gasteiger partial charge in [0.25, 0.3) is 0 Å². The molecule has 3 rings (SSSR count). The molecule has 0 amide bonds. The zero-order valence-corrected chi connectivity index (χ0v) is 19.9. The highest BCUT2D eigenvalue weighted by molar-refractivity contribution is 14.1. The zero-order chi connectivity index (χ0) is 21.7. The van der Waals surface area contributed by atoms with Gasteiger partial charge in [0.15, 0.2) is 11.5 Å².